The van der Waals surface area contributed by atoms with E-state index < -0.39 is 9.84 Å². The van der Waals surface area contributed by atoms with Gasteiger partial charge in [0.05, 0.1) is 33.3 Å². The van der Waals surface area contributed by atoms with E-state index in [1.54, 1.807) is 23.1 Å². The van der Waals surface area contributed by atoms with Crippen molar-refractivity contribution in [3.63, 3.8) is 0 Å². The van der Waals surface area contributed by atoms with Crippen LogP contribution in [0.25, 0.3) is 0 Å². The number of amides is 1. The summed E-state index contributed by atoms with van der Waals surface area (Å²) in [6.07, 6.45) is 0.874. The fourth-order valence-electron chi connectivity index (χ4n) is 3.58. The van der Waals surface area contributed by atoms with Crippen LogP contribution in [0.3, 0.4) is 0 Å². The number of rotatable bonds is 4. The normalized spacial score (nSPS) is 24.1. The fourth-order valence-corrected chi connectivity index (χ4v) is 7.89. The van der Waals surface area contributed by atoms with Gasteiger partial charge < -0.3 is 4.90 Å². The Morgan fingerprint density at radius 3 is 2.62 bits per heavy atom. The minimum Gasteiger partial charge on any atom is -0.314 e. The predicted molar refractivity (Wildman–Crippen MR) is 120 cm³/mol. The van der Waals surface area contributed by atoms with Crippen molar-refractivity contribution < 1.29 is 13.2 Å². The number of carbonyl (C=O) groups is 1. The summed E-state index contributed by atoms with van der Waals surface area (Å²) in [4.78, 5) is 18.6. The Balaban J connectivity index is 1.62. The van der Waals surface area contributed by atoms with Crippen molar-refractivity contribution >= 4 is 61.6 Å². The Hall–Kier alpha value is -1.54. The first-order valence-corrected chi connectivity index (χ1v) is 12.6. The highest BCUT2D eigenvalue weighted by molar-refractivity contribution is 8.16. The lowest BCUT2D eigenvalue weighted by atomic mass is 10.1. The minimum absolute atomic E-state index is 0.00470. The lowest BCUT2D eigenvalue weighted by Crippen LogP contribution is -2.38. The summed E-state index contributed by atoms with van der Waals surface area (Å²) in [5.41, 5.74) is 1.64. The van der Waals surface area contributed by atoms with Gasteiger partial charge in [-0.15, -0.1) is 0 Å². The van der Waals surface area contributed by atoms with E-state index in [4.69, 9.17) is 23.2 Å². The molecule has 0 aromatic heterocycles. The highest BCUT2D eigenvalue weighted by Crippen LogP contribution is 2.44. The summed E-state index contributed by atoms with van der Waals surface area (Å²) in [6.45, 7) is 0. The zero-order valence-electron chi connectivity index (χ0n) is 15.3. The van der Waals surface area contributed by atoms with Crippen LogP contribution in [0.2, 0.25) is 10.0 Å². The van der Waals surface area contributed by atoms with E-state index >= 15 is 0 Å². The first kappa shape index (κ1) is 20.7. The summed E-state index contributed by atoms with van der Waals surface area (Å²) < 4.78 is 24.3. The van der Waals surface area contributed by atoms with Crippen LogP contribution in [0, 0.1) is 0 Å². The van der Waals surface area contributed by atoms with Gasteiger partial charge in [0.2, 0.25) is 5.91 Å². The SMILES string of the molecule is O=C(CCc1ccccc1)N=C1S[C@H]2CS(=O)(=O)C[C@H]2N1c1cccc(Cl)c1Cl. The maximum absolute atomic E-state index is 12.5. The van der Waals surface area contributed by atoms with Gasteiger partial charge in [-0.2, -0.15) is 4.99 Å². The summed E-state index contributed by atoms with van der Waals surface area (Å²) in [6, 6.07) is 14.6. The number of thioether (sulfide) groups is 1. The lowest BCUT2D eigenvalue weighted by Gasteiger charge is -2.25. The highest BCUT2D eigenvalue weighted by atomic mass is 35.5. The molecule has 29 heavy (non-hydrogen) atoms. The van der Waals surface area contributed by atoms with Crippen LogP contribution < -0.4 is 4.90 Å². The van der Waals surface area contributed by atoms with Crippen LogP contribution in [0.1, 0.15) is 12.0 Å². The molecule has 9 heteroatoms. The zero-order chi connectivity index (χ0) is 20.6. The Labute approximate surface area is 184 Å². The van der Waals surface area contributed by atoms with E-state index in [0.717, 1.165) is 5.56 Å². The van der Waals surface area contributed by atoms with Gasteiger partial charge in [-0.05, 0) is 24.1 Å². The molecule has 0 N–H and O–H groups in total. The van der Waals surface area contributed by atoms with Gasteiger partial charge in [0, 0.05) is 11.7 Å². The number of carbonyl (C=O) groups excluding carboxylic acids is 1. The molecule has 5 nitrogen and oxygen atoms in total. The lowest BCUT2D eigenvalue weighted by molar-refractivity contribution is -0.117. The Morgan fingerprint density at radius 2 is 1.86 bits per heavy atom. The number of hydrogen-bond acceptors (Lipinski definition) is 4. The molecule has 4 rings (SSSR count). The summed E-state index contributed by atoms with van der Waals surface area (Å²) in [5.74, 6) is -0.179. The third kappa shape index (κ3) is 4.48. The van der Waals surface area contributed by atoms with Crippen LogP contribution in [0.15, 0.2) is 53.5 Å². The predicted octanol–water partition coefficient (Wildman–Crippen LogP) is 4.23. The topological polar surface area (TPSA) is 66.8 Å². The second kappa shape index (κ2) is 8.30. The second-order valence-corrected chi connectivity index (χ2v) is 11.2. The first-order chi connectivity index (χ1) is 13.8. The van der Waals surface area contributed by atoms with Crippen molar-refractivity contribution in [3.8, 4) is 0 Å². The number of nitrogens with zero attached hydrogens (tertiary/aromatic N) is 2. The van der Waals surface area contributed by atoms with Crippen molar-refractivity contribution in [3.05, 3.63) is 64.1 Å². The molecule has 0 unspecified atom stereocenters. The van der Waals surface area contributed by atoms with Gasteiger partial charge in [-0.25, -0.2) is 8.42 Å². The largest absolute Gasteiger partial charge is 0.314 e. The zero-order valence-corrected chi connectivity index (χ0v) is 18.4. The first-order valence-electron chi connectivity index (χ1n) is 9.10. The van der Waals surface area contributed by atoms with E-state index in [0.29, 0.717) is 27.3 Å². The highest BCUT2D eigenvalue weighted by Gasteiger charge is 2.49. The van der Waals surface area contributed by atoms with Crippen molar-refractivity contribution in [1.29, 1.82) is 0 Å². The van der Waals surface area contributed by atoms with E-state index in [9.17, 15) is 13.2 Å². The molecule has 0 radical (unpaired) electrons. The van der Waals surface area contributed by atoms with Gasteiger partial charge in [0.25, 0.3) is 0 Å². The quantitative estimate of drug-likeness (QED) is 0.671. The Kier molecular flexibility index (Phi) is 5.93. The molecule has 2 aromatic rings. The van der Waals surface area contributed by atoms with Gasteiger partial charge in [0.15, 0.2) is 15.0 Å². The van der Waals surface area contributed by atoms with E-state index in [1.807, 2.05) is 30.3 Å². The van der Waals surface area contributed by atoms with E-state index in [1.165, 1.54) is 11.8 Å². The summed E-state index contributed by atoms with van der Waals surface area (Å²) >= 11 is 13.9. The van der Waals surface area contributed by atoms with Crippen LogP contribution >= 0.6 is 35.0 Å². The number of aliphatic imine (C=N–C) groups is 1. The van der Waals surface area contributed by atoms with Gasteiger partial charge in [-0.1, -0.05) is 71.4 Å². The van der Waals surface area contributed by atoms with Gasteiger partial charge in [-0.3, -0.25) is 4.79 Å². The molecule has 2 fully saturated rings. The maximum Gasteiger partial charge on any atom is 0.248 e. The van der Waals surface area contributed by atoms with Crippen molar-refractivity contribution in [2.24, 2.45) is 4.99 Å². The van der Waals surface area contributed by atoms with Crippen LogP contribution in [0.4, 0.5) is 5.69 Å². The smallest absolute Gasteiger partial charge is 0.248 e. The van der Waals surface area contributed by atoms with Gasteiger partial charge >= 0.3 is 0 Å². The number of hydrogen-bond donors (Lipinski definition) is 0. The molecule has 0 spiro atoms. The van der Waals surface area contributed by atoms with Crippen LogP contribution in [-0.2, 0) is 21.1 Å². The third-order valence-electron chi connectivity index (χ3n) is 4.95. The average Bonchev–Trinajstić information content (AvgIpc) is 3.14. The molecular formula is C20H18Cl2N2O3S2. The van der Waals surface area contributed by atoms with Crippen molar-refractivity contribution in [1.82, 2.24) is 0 Å². The van der Waals surface area contributed by atoms with Crippen LogP contribution in [0.5, 0.6) is 0 Å². The third-order valence-corrected chi connectivity index (χ3v) is 8.97. The molecule has 0 aliphatic carbocycles. The molecule has 0 saturated carbocycles. The molecule has 2 atom stereocenters. The fraction of sp³-hybridized carbons (Fsp3) is 0.300. The van der Waals surface area contributed by atoms with Crippen molar-refractivity contribution in [2.45, 2.75) is 24.1 Å². The molecule has 2 aliphatic rings. The monoisotopic (exact) mass is 468 g/mol. The molecule has 152 valence electrons. The summed E-state index contributed by atoms with van der Waals surface area (Å²) in [5, 5.41) is 0.991. The molecule has 2 heterocycles. The molecule has 2 aliphatic heterocycles. The van der Waals surface area contributed by atoms with Gasteiger partial charge in [0.1, 0.15) is 0 Å². The molecule has 1 amide bonds. The number of amidine groups is 1. The number of benzene rings is 2. The number of halogens is 2. The number of sulfone groups is 1. The standard InChI is InChI=1S/C20H18Cl2N2O3S2/c21-14-7-4-8-15(19(14)22)24-16-11-29(26,27)12-17(16)28-20(24)23-18(25)10-9-13-5-2-1-3-6-13/h1-8,16-17H,9-12H2/t16-,17+/m1/s1. The van der Waals surface area contributed by atoms with E-state index in [-0.39, 0.29) is 35.1 Å². The molecule has 2 saturated heterocycles. The second-order valence-electron chi connectivity index (χ2n) is 7.02. The molecule has 0 bridgehead atoms. The Bertz CT molecular complexity index is 1070. The molecule has 2 aromatic carbocycles. The molecular weight excluding hydrogens is 451 g/mol. The maximum atomic E-state index is 12.5. The van der Waals surface area contributed by atoms with E-state index in [2.05, 4.69) is 4.99 Å². The average molecular weight is 469 g/mol. The van der Waals surface area contributed by atoms with Crippen molar-refractivity contribution in [2.75, 3.05) is 16.4 Å². The minimum atomic E-state index is -3.15. The number of anilines is 1. The number of fused-ring (bicyclic) bond motifs is 1. The Morgan fingerprint density at radius 1 is 1.10 bits per heavy atom. The van der Waals surface area contributed by atoms with Crippen LogP contribution in [-0.4, -0.2) is 42.3 Å². The summed E-state index contributed by atoms with van der Waals surface area (Å²) in [7, 11) is -3.15. The number of aryl methyl sites for hydroxylation is 1.